The highest BCUT2D eigenvalue weighted by atomic mass is 16.2. The molecule has 0 radical (unpaired) electrons. The highest BCUT2D eigenvalue weighted by Crippen LogP contribution is 2.63. The second-order valence-corrected chi connectivity index (χ2v) is 7.00. The third-order valence-corrected chi connectivity index (χ3v) is 5.08. The first-order valence-electron chi connectivity index (χ1n) is 8.11. The topological polar surface area (TPSA) is 79.4 Å². The van der Waals surface area contributed by atoms with Crippen LogP contribution < -0.4 is 10.2 Å². The fraction of sp³-hybridized carbons (Fsp3) is 0.263. The van der Waals surface area contributed by atoms with Crippen molar-refractivity contribution < 1.29 is 14.4 Å². The van der Waals surface area contributed by atoms with E-state index in [1.165, 1.54) is 4.90 Å². The van der Waals surface area contributed by atoms with Crippen LogP contribution in [0.2, 0.25) is 0 Å². The minimum Gasteiger partial charge on any atom is -0.321 e. The zero-order valence-electron chi connectivity index (χ0n) is 13.9. The van der Waals surface area contributed by atoms with Gasteiger partial charge in [0, 0.05) is 11.9 Å². The number of imide groups is 1. The monoisotopic (exact) mass is 335 g/mol. The van der Waals surface area contributed by atoms with E-state index in [0.29, 0.717) is 17.1 Å². The zero-order chi connectivity index (χ0) is 17.8. The number of aromatic nitrogens is 1. The lowest BCUT2D eigenvalue weighted by Crippen LogP contribution is -2.36. The number of rotatable bonds is 3. The third-order valence-electron chi connectivity index (χ3n) is 5.08. The summed E-state index contributed by atoms with van der Waals surface area (Å²) in [5.74, 6) is -0.993. The fourth-order valence-electron chi connectivity index (χ4n) is 3.59. The van der Waals surface area contributed by atoms with Crippen molar-refractivity contribution in [2.75, 3.05) is 10.2 Å². The highest BCUT2D eigenvalue weighted by Gasteiger charge is 2.72. The molecule has 3 amide bonds. The lowest BCUT2D eigenvalue weighted by atomic mass is 10.1. The largest absolute Gasteiger partial charge is 0.321 e. The second kappa shape index (κ2) is 5.24. The van der Waals surface area contributed by atoms with Crippen molar-refractivity contribution in [2.24, 2.45) is 17.3 Å². The van der Waals surface area contributed by atoms with Crippen molar-refractivity contribution in [3.63, 3.8) is 0 Å². The first-order chi connectivity index (χ1) is 11.9. The minimum atomic E-state index is -0.315. The fourth-order valence-corrected chi connectivity index (χ4v) is 3.59. The number of carbonyl (C=O) groups is 3. The van der Waals surface area contributed by atoms with E-state index < -0.39 is 0 Å². The maximum absolute atomic E-state index is 12.4. The summed E-state index contributed by atoms with van der Waals surface area (Å²) in [5.41, 5.74) is 1.21. The number of fused-ring (bicyclic) bond motifs is 1. The molecule has 2 heterocycles. The molecule has 2 aromatic rings. The van der Waals surface area contributed by atoms with Gasteiger partial charge in [0.15, 0.2) is 0 Å². The van der Waals surface area contributed by atoms with E-state index in [1.807, 2.05) is 13.8 Å². The molecule has 126 valence electrons. The van der Waals surface area contributed by atoms with Crippen LogP contribution in [-0.2, 0) is 9.59 Å². The molecule has 25 heavy (non-hydrogen) atoms. The van der Waals surface area contributed by atoms with Crippen LogP contribution in [0.25, 0.3) is 0 Å². The molecule has 2 atom stereocenters. The van der Waals surface area contributed by atoms with Crippen molar-refractivity contribution in [1.29, 1.82) is 0 Å². The Labute approximate surface area is 144 Å². The van der Waals surface area contributed by atoms with Crippen LogP contribution in [0.5, 0.6) is 0 Å². The summed E-state index contributed by atoms with van der Waals surface area (Å²) in [6, 6.07) is 11.8. The summed E-state index contributed by atoms with van der Waals surface area (Å²) in [6.45, 7) is 3.90. The molecule has 1 aromatic carbocycles. The van der Waals surface area contributed by atoms with Crippen LogP contribution in [0.1, 0.15) is 24.3 Å². The third kappa shape index (κ3) is 2.33. The molecule has 1 aromatic heterocycles. The van der Waals surface area contributed by atoms with Gasteiger partial charge in [-0.15, -0.1) is 0 Å². The SMILES string of the molecule is CC1(C)C2C(=O)N(c3ccc(NC(=O)c4ccccn4)cc3)C(=O)C21. The molecule has 6 nitrogen and oxygen atoms in total. The summed E-state index contributed by atoms with van der Waals surface area (Å²) in [5, 5.41) is 2.74. The molecule has 6 heteroatoms. The van der Waals surface area contributed by atoms with E-state index in [9.17, 15) is 14.4 Å². The first kappa shape index (κ1) is 15.5. The lowest BCUT2D eigenvalue weighted by Gasteiger charge is -2.20. The van der Waals surface area contributed by atoms with Crippen LogP contribution in [0, 0.1) is 17.3 Å². The van der Waals surface area contributed by atoms with Gasteiger partial charge >= 0.3 is 0 Å². The minimum absolute atomic E-state index is 0.134. The number of amides is 3. The quantitative estimate of drug-likeness (QED) is 0.874. The molecule has 2 aliphatic rings. The molecule has 1 aliphatic heterocycles. The summed E-state index contributed by atoms with van der Waals surface area (Å²) >= 11 is 0. The first-order valence-corrected chi connectivity index (χ1v) is 8.11. The van der Waals surface area contributed by atoms with Crippen LogP contribution >= 0.6 is 0 Å². The molecule has 1 saturated heterocycles. The predicted octanol–water partition coefficient (Wildman–Crippen LogP) is 2.48. The maximum Gasteiger partial charge on any atom is 0.274 e. The van der Waals surface area contributed by atoms with E-state index in [4.69, 9.17) is 0 Å². The molecule has 4 rings (SSSR count). The highest BCUT2D eigenvalue weighted by molar-refractivity contribution is 6.25. The van der Waals surface area contributed by atoms with Crippen molar-refractivity contribution in [3.05, 3.63) is 54.4 Å². The van der Waals surface area contributed by atoms with Crippen LogP contribution in [-0.4, -0.2) is 22.7 Å². The Morgan fingerprint density at radius 2 is 1.68 bits per heavy atom. The van der Waals surface area contributed by atoms with E-state index >= 15 is 0 Å². The normalized spacial score (nSPS) is 23.4. The number of pyridine rings is 1. The average Bonchev–Trinajstić information content (AvgIpc) is 3.07. The van der Waals surface area contributed by atoms with E-state index in [1.54, 1.807) is 48.7 Å². The Morgan fingerprint density at radius 3 is 2.24 bits per heavy atom. The Bertz CT molecular complexity index is 851. The molecule has 1 saturated carbocycles. The Morgan fingerprint density at radius 1 is 1.04 bits per heavy atom. The molecule has 2 fully saturated rings. The smallest absolute Gasteiger partial charge is 0.274 e. The van der Waals surface area contributed by atoms with Gasteiger partial charge in [-0.1, -0.05) is 19.9 Å². The van der Waals surface area contributed by atoms with Gasteiger partial charge in [-0.25, -0.2) is 0 Å². The van der Waals surface area contributed by atoms with E-state index in [-0.39, 0.29) is 35.0 Å². The molecule has 1 aliphatic carbocycles. The molecule has 0 bridgehead atoms. The number of piperidine rings is 1. The number of hydrogen-bond donors (Lipinski definition) is 1. The lowest BCUT2D eigenvalue weighted by molar-refractivity contribution is -0.125. The van der Waals surface area contributed by atoms with Crippen molar-refractivity contribution in [2.45, 2.75) is 13.8 Å². The summed E-state index contributed by atoms with van der Waals surface area (Å²) < 4.78 is 0. The van der Waals surface area contributed by atoms with Crippen molar-refractivity contribution >= 4 is 29.1 Å². The van der Waals surface area contributed by atoms with E-state index in [0.717, 1.165) is 0 Å². The Hall–Kier alpha value is -3.02. The summed E-state index contributed by atoms with van der Waals surface area (Å²) in [6.07, 6.45) is 1.55. The Kier molecular flexibility index (Phi) is 3.25. The van der Waals surface area contributed by atoms with Crippen molar-refractivity contribution in [1.82, 2.24) is 4.98 Å². The maximum atomic E-state index is 12.4. The van der Waals surface area contributed by atoms with Gasteiger partial charge in [0.05, 0.1) is 17.5 Å². The molecule has 1 N–H and O–H groups in total. The number of carbonyl (C=O) groups excluding carboxylic acids is 3. The van der Waals surface area contributed by atoms with E-state index in [2.05, 4.69) is 10.3 Å². The average molecular weight is 335 g/mol. The number of nitrogens with one attached hydrogen (secondary N) is 1. The van der Waals surface area contributed by atoms with Gasteiger partial charge < -0.3 is 5.32 Å². The molecular weight excluding hydrogens is 318 g/mol. The number of benzene rings is 1. The van der Waals surface area contributed by atoms with Gasteiger partial charge in [-0.05, 0) is 41.8 Å². The Balaban J connectivity index is 1.49. The molecule has 2 unspecified atom stereocenters. The summed E-state index contributed by atoms with van der Waals surface area (Å²) in [7, 11) is 0. The number of hydrogen-bond acceptors (Lipinski definition) is 4. The van der Waals surface area contributed by atoms with Gasteiger partial charge in [0.2, 0.25) is 11.8 Å². The predicted molar refractivity (Wildman–Crippen MR) is 91.9 cm³/mol. The second-order valence-electron chi connectivity index (χ2n) is 7.00. The number of nitrogens with zero attached hydrogens (tertiary/aromatic N) is 2. The van der Waals surface area contributed by atoms with Crippen LogP contribution in [0.4, 0.5) is 11.4 Å². The molecular formula is C19H17N3O3. The number of anilines is 2. The zero-order valence-corrected chi connectivity index (χ0v) is 13.9. The summed E-state index contributed by atoms with van der Waals surface area (Å²) in [4.78, 5) is 42.2. The van der Waals surface area contributed by atoms with Gasteiger partial charge in [-0.2, -0.15) is 0 Å². The molecule has 0 spiro atoms. The van der Waals surface area contributed by atoms with Crippen LogP contribution in [0.3, 0.4) is 0 Å². The standard InChI is InChI=1S/C19H17N3O3/c1-19(2)14-15(19)18(25)22(17(14)24)12-8-6-11(7-9-12)21-16(23)13-5-3-4-10-20-13/h3-10,14-15H,1-2H3,(H,21,23). The van der Waals surface area contributed by atoms with Gasteiger partial charge in [0.25, 0.3) is 5.91 Å². The van der Waals surface area contributed by atoms with Gasteiger partial charge in [0.1, 0.15) is 5.69 Å². The van der Waals surface area contributed by atoms with Crippen LogP contribution in [0.15, 0.2) is 48.7 Å². The van der Waals surface area contributed by atoms with Crippen molar-refractivity contribution in [3.8, 4) is 0 Å². The van der Waals surface area contributed by atoms with Gasteiger partial charge in [-0.3, -0.25) is 24.3 Å².